The van der Waals surface area contributed by atoms with Gasteiger partial charge in [0.05, 0.1) is 12.0 Å². The fourth-order valence-electron chi connectivity index (χ4n) is 3.79. The van der Waals surface area contributed by atoms with E-state index in [1.54, 1.807) is 24.3 Å². The van der Waals surface area contributed by atoms with Gasteiger partial charge in [0.15, 0.2) is 0 Å². The molecule has 1 aliphatic heterocycles. The van der Waals surface area contributed by atoms with Crippen molar-refractivity contribution in [1.29, 1.82) is 0 Å². The number of hydrogen-bond donors (Lipinski definition) is 2. The van der Waals surface area contributed by atoms with Gasteiger partial charge < -0.3 is 15.4 Å². The average Bonchev–Trinajstić information content (AvgIpc) is 2.80. The smallest absolute Gasteiger partial charge is 0.313 e. The minimum Gasteiger partial charge on any atom is -0.497 e. The molecule has 2 amide bonds. The van der Waals surface area contributed by atoms with E-state index < -0.39 is 21.8 Å². The second-order valence-electron chi connectivity index (χ2n) is 7.75. The molecule has 32 heavy (non-hydrogen) atoms. The van der Waals surface area contributed by atoms with Crippen molar-refractivity contribution in [1.82, 2.24) is 9.62 Å². The molecule has 2 aromatic rings. The van der Waals surface area contributed by atoms with Crippen LogP contribution in [0.1, 0.15) is 31.2 Å². The lowest BCUT2D eigenvalue weighted by molar-refractivity contribution is -0.136. The van der Waals surface area contributed by atoms with E-state index in [1.165, 1.54) is 23.5 Å². The zero-order valence-corrected chi connectivity index (χ0v) is 19.2. The Balaban J connectivity index is 1.58. The van der Waals surface area contributed by atoms with E-state index in [0.29, 0.717) is 30.8 Å². The molecule has 2 aromatic carbocycles. The quantitative estimate of drug-likeness (QED) is 0.620. The van der Waals surface area contributed by atoms with E-state index in [-0.39, 0.29) is 17.5 Å². The minimum absolute atomic E-state index is 0.208. The van der Waals surface area contributed by atoms with Crippen LogP contribution in [0, 0.1) is 6.92 Å². The summed E-state index contributed by atoms with van der Waals surface area (Å²) in [5.74, 6) is -0.898. The van der Waals surface area contributed by atoms with E-state index in [0.717, 1.165) is 18.4 Å². The van der Waals surface area contributed by atoms with Crippen LogP contribution < -0.4 is 15.4 Å². The van der Waals surface area contributed by atoms with E-state index in [1.807, 2.05) is 19.1 Å². The lowest BCUT2D eigenvalue weighted by atomic mass is 10.0. The molecular formula is C23H29N3O5S. The highest BCUT2D eigenvalue weighted by molar-refractivity contribution is 7.89. The van der Waals surface area contributed by atoms with Gasteiger partial charge in [-0.05, 0) is 62.1 Å². The molecule has 1 heterocycles. The summed E-state index contributed by atoms with van der Waals surface area (Å²) in [5.41, 5.74) is 1.44. The molecule has 1 aliphatic rings. The minimum atomic E-state index is -3.66. The van der Waals surface area contributed by atoms with Crippen LogP contribution in [0.4, 0.5) is 5.69 Å². The van der Waals surface area contributed by atoms with Gasteiger partial charge in [0.25, 0.3) is 0 Å². The molecule has 0 aromatic heterocycles. The van der Waals surface area contributed by atoms with Crippen LogP contribution in [0.3, 0.4) is 0 Å². The Kier molecular flexibility index (Phi) is 7.87. The summed E-state index contributed by atoms with van der Waals surface area (Å²) >= 11 is 0. The van der Waals surface area contributed by atoms with E-state index >= 15 is 0 Å². The zero-order chi connectivity index (χ0) is 23.1. The Morgan fingerprint density at radius 2 is 1.78 bits per heavy atom. The van der Waals surface area contributed by atoms with Crippen LogP contribution in [-0.2, 0) is 19.6 Å². The predicted octanol–water partition coefficient (Wildman–Crippen LogP) is 2.69. The Hall–Kier alpha value is -2.91. The summed E-state index contributed by atoms with van der Waals surface area (Å²) in [6, 6.07) is 13.3. The summed E-state index contributed by atoms with van der Waals surface area (Å²) < 4.78 is 33.0. The van der Waals surface area contributed by atoms with E-state index in [9.17, 15) is 18.0 Å². The number of benzene rings is 2. The summed E-state index contributed by atoms with van der Waals surface area (Å²) in [4.78, 5) is 24.6. The maximum absolute atomic E-state index is 13.2. The number of anilines is 1. The summed E-state index contributed by atoms with van der Waals surface area (Å²) in [7, 11) is -2.14. The van der Waals surface area contributed by atoms with Gasteiger partial charge in [0.2, 0.25) is 10.0 Å². The molecule has 2 N–H and O–H groups in total. The lowest BCUT2D eigenvalue weighted by Gasteiger charge is -2.34. The SMILES string of the molecule is COc1ccc(S(=O)(=O)N2CCCC[C@H]2CCNC(=O)C(=O)Nc2ccccc2C)cc1. The standard InChI is InChI=1S/C23H29N3O5S/c1-17-7-3-4-9-21(17)25-23(28)22(27)24-15-14-18-8-5-6-16-26(18)32(29,30)20-12-10-19(31-2)11-13-20/h3-4,7,9-13,18H,5-6,8,14-16H2,1-2H3,(H,24,27)(H,25,28)/t18-/m0/s1. The Morgan fingerprint density at radius 1 is 1.06 bits per heavy atom. The second-order valence-corrected chi connectivity index (χ2v) is 9.65. The third-order valence-electron chi connectivity index (χ3n) is 5.60. The van der Waals surface area contributed by atoms with Gasteiger partial charge in [-0.15, -0.1) is 0 Å². The number of piperidine rings is 1. The largest absolute Gasteiger partial charge is 0.497 e. The fraction of sp³-hybridized carbons (Fsp3) is 0.391. The van der Waals surface area contributed by atoms with Crippen LogP contribution in [-0.4, -0.2) is 50.8 Å². The first kappa shape index (κ1) is 23.7. The molecule has 1 fully saturated rings. The molecule has 0 saturated carbocycles. The molecule has 8 nitrogen and oxygen atoms in total. The third-order valence-corrected chi connectivity index (χ3v) is 7.57. The number of aryl methyl sites for hydroxylation is 1. The van der Waals surface area contributed by atoms with Crippen LogP contribution in [0.5, 0.6) is 5.75 Å². The highest BCUT2D eigenvalue weighted by Gasteiger charge is 2.33. The number of para-hydroxylation sites is 1. The number of ether oxygens (including phenoxy) is 1. The molecule has 0 bridgehead atoms. The molecule has 9 heteroatoms. The van der Waals surface area contributed by atoms with E-state index in [2.05, 4.69) is 10.6 Å². The molecule has 3 rings (SSSR count). The van der Waals surface area contributed by atoms with Gasteiger partial charge >= 0.3 is 11.8 Å². The van der Waals surface area contributed by atoms with Gasteiger partial charge in [0, 0.05) is 24.8 Å². The van der Waals surface area contributed by atoms with Gasteiger partial charge in [0.1, 0.15) is 5.75 Å². The first-order chi connectivity index (χ1) is 15.3. The number of nitrogens with zero attached hydrogens (tertiary/aromatic N) is 1. The normalized spacial score (nSPS) is 16.9. The van der Waals surface area contributed by atoms with Gasteiger partial charge in [-0.1, -0.05) is 24.6 Å². The van der Waals surface area contributed by atoms with Crippen LogP contribution in [0.2, 0.25) is 0 Å². The molecule has 1 saturated heterocycles. The molecular weight excluding hydrogens is 430 g/mol. The molecule has 0 aliphatic carbocycles. The molecule has 172 valence electrons. The fourth-order valence-corrected chi connectivity index (χ4v) is 5.51. The van der Waals surface area contributed by atoms with Gasteiger partial charge in [-0.2, -0.15) is 4.31 Å². The van der Waals surface area contributed by atoms with Crippen molar-refractivity contribution in [2.75, 3.05) is 25.5 Å². The number of rotatable bonds is 7. The molecule has 0 unspecified atom stereocenters. The monoisotopic (exact) mass is 459 g/mol. The number of amides is 2. The number of hydrogen-bond acceptors (Lipinski definition) is 5. The molecule has 1 atom stereocenters. The topological polar surface area (TPSA) is 105 Å². The number of nitrogens with one attached hydrogen (secondary N) is 2. The van der Waals surface area contributed by atoms with Crippen molar-refractivity contribution in [3.63, 3.8) is 0 Å². The first-order valence-corrected chi connectivity index (χ1v) is 12.1. The number of sulfonamides is 1. The average molecular weight is 460 g/mol. The van der Waals surface area contributed by atoms with Crippen molar-refractivity contribution < 1.29 is 22.7 Å². The van der Waals surface area contributed by atoms with Crippen molar-refractivity contribution in [2.24, 2.45) is 0 Å². The number of carbonyl (C=O) groups is 2. The Morgan fingerprint density at radius 3 is 2.47 bits per heavy atom. The highest BCUT2D eigenvalue weighted by Crippen LogP contribution is 2.28. The third kappa shape index (κ3) is 5.66. The van der Waals surface area contributed by atoms with Crippen LogP contribution in [0.15, 0.2) is 53.4 Å². The van der Waals surface area contributed by atoms with Crippen molar-refractivity contribution in [3.05, 3.63) is 54.1 Å². The summed E-state index contributed by atoms with van der Waals surface area (Å²) in [6.07, 6.45) is 2.84. The van der Waals surface area contributed by atoms with Crippen molar-refractivity contribution in [3.8, 4) is 5.75 Å². The maximum Gasteiger partial charge on any atom is 0.313 e. The molecule has 0 spiro atoms. The summed E-state index contributed by atoms with van der Waals surface area (Å²) in [5, 5.41) is 5.20. The number of carbonyl (C=O) groups excluding carboxylic acids is 2. The lowest BCUT2D eigenvalue weighted by Crippen LogP contribution is -2.45. The van der Waals surface area contributed by atoms with Crippen molar-refractivity contribution >= 4 is 27.5 Å². The van der Waals surface area contributed by atoms with Crippen LogP contribution in [0.25, 0.3) is 0 Å². The van der Waals surface area contributed by atoms with Gasteiger partial charge in [-0.25, -0.2) is 8.42 Å². The van der Waals surface area contributed by atoms with Crippen molar-refractivity contribution in [2.45, 2.75) is 43.5 Å². The van der Waals surface area contributed by atoms with Crippen LogP contribution >= 0.6 is 0 Å². The second kappa shape index (κ2) is 10.6. The zero-order valence-electron chi connectivity index (χ0n) is 18.3. The molecule has 0 radical (unpaired) electrons. The van der Waals surface area contributed by atoms with Gasteiger partial charge in [-0.3, -0.25) is 9.59 Å². The predicted molar refractivity (Wildman–Crippen MR) is 122 cm³/mol. The Bertz CT molecular complexity index is 1050. The highest BCUT2D eigenvalue weighted by atomic mass is 32.2. The van der Waals surface area contributed by atoms with E-state index in [4.69, 9.17) is 4.74 Å². The maximum atomic E-state index is 13.2. The number of methoxy groups -OCH3 is 1. The first-order valence-electron chi connectivity index (χ1n) is 10.6. The Labute approximate surface area is 189 Å². The summed E-state index contributed by atoms with van der Waals surface area (Å²) in [6.45, 7) is 2.48.